The highest BCUT2D eigenvalue weighted by Crippen LogP contribution is 2.31. The lowest BCUT2D eigenvalue weighted by Gasteiger charge is -2.20. The van der Waals surface area contributed by atoms with Gasteiger partial charge in [-0.2, -0.15) is 0 Å². The molecular weight excluding hydrogens is 148 g/mol. The first-order valence-electron chi connectivity index (χ1n) is 3.38. The SMILES string of the molecule is COC1(C)OC(=O)C(C)(C)O1. The summed E-state index contributed by atoms with van der Waals surface area (Å²) in [7, 11) is 1.43. The number of carbonyl (C=O) groups excluding carboxylic acids is 1. The van der Waals surface area contributed by atoms with E-state index in [-0.39, 0.29) is 0 Å². The zero-order chi connectivity index (χ0) is 8.70. The van der Waals surface area contributed by atoms with Crippen LogP contribution in [0.15, 0.2) is 0 Å². The summed E-state index contributed by atoms with van der Waals surface area (Å²) in [5, 5.41) is 0. The first kappa shape index (κ1) is 8.49. The minimum atomic E-state index is -1.21. The van der Waals surface area contributed by atoms with E-state index in [1.807, 2.05) is 0 Å². The van der Waals surface area contributed by atoms with Crippen molar-refractivity contribution in [1.29, 1.82) is 0 Å². The zero-order valence-corrected chi connectivity index (χ0v) is 7.13. The fourth-order valence-electron chi connectivity index (χ4n) is 0.901. The number of esters is 1. The molecule has 0 aromatic heterocycles. The summed E-state index contributed by atoms with van der Waals surface area (Å²) in [5.41, 5.74) is -0.898. The van der Waals surface area contributed by atoms with E-state index < -0.39 is 17.5 Å². The van der Waals surface area contributed by atoms with Crippen LogP contribution in [0.3, 0.4) is 0 Å². The van der Waals surface area contributed by atoms with E-state index in [4.69, 9.17) is 14.2 Å². The van der Waals surface area contributed by atoms with Gasteiger partial charge >= 0.3 is 11.9 Å². The number of ether oxygens (including phenoxy) is 3. The number of cyclic esters (lactones) is 1. The van der Waals surface area contributed by atoms with E-state index in [2.05, 4.69) is 0 Å². The summed E-state index contributed by atoms with van der Waals surface area (Å²) >= 11 is 0. The largest absolute Gasteiger partial charge is 0.406 e. The highest BCUT2D eigenvalue weighted by Gasteiger charge is 2.50. The van der Waals surface area contributed by atoms with Crippen LogP contribution in [0, 0.1) is 0 Å². The van der Waals surface area contributed by atoms with Crippen LogP contribution >= 0.6 is 0 Å². The Bertz CT molecular complexity index is 187. The van der Waals surface area contributed by atoms with Gasteiger partial charge in [-0.1, -0.05) is 0 Å². The van der Waals surface area contributed by atoms with Gasteiger partial charge in [0.05, 0.1) is 0 Å². The molecule has 0 aromatic carbocycles. The molecule has 11 heavy (non-hydrogen) atoms. The third-order valence-corrected chi connectivity index (χ3v) is 1.58. The van der Waals surface area contributed by atoms with E-state index in [1.165, 1.54) is 7.11 Å². The van der Waals surface area contributed by atoms with Crippen LogP contribution in [0.2, 0.25) is 0 Å². The predicted molar refractivity (Wildman–Crippen MR) is 36.7 cm³/mol. The summed E-state index contributed by atoms with van der Waals surface area (Å²) in [5.74, 6) is -1.61. The first-order chi connectivity index (χ1) is 4.90. The van der Waals surface area contributed by atoms with Gasteiger partial charge in [0.15, 0.2) is 5.60 Å². The van der Waals surface area contributed by atoms with Gasteiger partial charge < -0.3 is 9.47 Å². The fourth-order valence-corrected chi connectivity index (χ4v) is 0.901. The van der Waals surface area contributed by atoms with Gasteiger partial charge in [-0.3, -0.25) is 4.74 Å². The Labute approximate surface area is 65.4 Å². The van der Waals surface area contributed by atoms with Gasteiger partial charge in [0.1, 0.15) is 0 Å². The van der Waals surface area contributed by atoms with Crippen LogP contribution in [0.1, 0.15) is 20.8 Å². The van der Waals surface area contributed by atoms with Gasteiger partial charge in [-0.15, -0.1) is 0 Å². The highest BCUT2D eigenvalue weighted by atomic mass is 16.9. The molecule has 4 nitrogen and oxygen atoms in total. The second-order valence-corrected chi connectivity index (χ2v) is 3.07. The predicted octanol–water partition coefficient (Wildman–Crippen LogP) is 0.658. The maximum Gasteiger partial charge on any atom is 0.342 e. The Morgan fingerprint density at radius 1 is 1.36 bits per heavy atom. The molecule has 0 radical (unpaired) electrons. The van der Waals surface area contributed by atoms with Gasteiger partial charge in [0.2, 0.25) is 0 Å². The maximum atomic E-state index is 11.0. The molecule has 0 spiro atoms. The lowest BCUT2D eigenvalue weighted by molar-refractivity contribution is -0.317. The Balaban J connectivity index is 2.79. The monoisotopic (exact) mass is 160 g/mol. The molecule has 1 atom stereocenters. The number of carbonyl (C=O) groups is 1. The summed E-state index contributed by atoms with van der Waals surface area (Å²) in [6.07, 6.45) is 0. The summed E-state index contributed by atoms with van der Waals surface area (Å²) in [6.45, 7) is 4.83. The molecule has 0 N–H and O–H groups in total. The molecule has 0 bridgehead atoms. The number of hydrogen-bond donors (Lipinski definition) is 0. The fraction of sp³-hybridized carbons (Fsp3) is 0.857. The molecule has 1 fully saturated rings. The molecule has 1 saturated heterocycles. The molecular formula is C7H12O4. The van der Waals surface area contributed by atoms with E-state index in [0.717, 1.165) is 0 Å². The Hall–Kier alpha value is -0.610. The number of methoxy groups -OCH3 is 1. The lowest BCUT2D eigenvalue weighted by Crippen LogP contribution is -2.32. The molecule has 0 aromatic rings. The van der Waals surface area contributed by atoms with Gasteiger partial charge in [0.25, 0.3) is 0 Å². The molecule has 1 rings (SSSR count). The molecule has 0 saturated carbocycles. The van der Waals surface area contributed by atoms with Crippen molar-refractivity contribution in [2.24, 2.45) is 0 Å². The third kappa shape index (κ3) is 1.36. The Kier molecular flexibility index (Phi) is 1.69. The number of rotatable bonds is 1. The second kappa shape index (κ2) is 2.19. The molecule has 0 amide bonds. The summed E-state index contributed by atoms with van der Waals surface area (Å²) < 4.78 is 14.9. The van der Waals surface area contributed by atoms with Crippen LogP contribution in [-0.4, -0.2) is 24.7 Å². The van der Waals surface area contributed by atoms with E-state index >= 15 is 0 Å². The lowest BCUT2D eigenvalue weighted by atomic mass is 10.1. The van der Waals surface area contributed by atoms with E-state index in [0.29, 0.717) is 0 Å². The molecule has 0 aliphatic carbocycles. The molecule has 64 valence electrons. The second-order valence-electron chi connectivity index (χ2n) is 3.07. The van der Waals surface area contributed by atoms with Crippen LogP contribution < -0.4 is 0 Å². The van der Waals surface area contributed by atoms with Crippen molar-refractivity contribution >= 4 is 5.97 Å². The zero-order valence-electron chi connectivity index (χ0n) is 7.13. The molecule has 1 aliphatic heterocycles. The smallest absolute Gasteiger partial charge is 0.342 e. The van der Waals surface area contributed by atoms with Crippen LogP contribution in [-0.2, 0) is 19.0 Å². The van der Waals surface area contributed by atoms with Crippen molar-refractivity contribution in [3.8, 4) is 0 Å². The Morgan fingerprint density at radius 2 is 1.91 bits per heavy atom. The quantitative estimate of drug-likeness (QED) is 0.528. The summed E-state index contributed by atoms with van der Waals surface area (Å²) in [6, 6.07) is 0. The highest BCUT2D eigenvalue weighted by molar-refractivity contribution is 5.80. The third-order valence-electron chi connectivity index (χ3n) is 1.58. The summed E-state index contributed by atoms with van der Waals surface area (Å²) in [4.78, 5) is 11.0. The normalized spacial score (nSPS) is 35.5. The molecule has 1 unspecified atom stereocenters. The van der Waals surface area contributed by atoms with Gasteiger partial charge in [-0.05, 0) is 13.8 Å². The molecule has 1 heterocycles. The van der Waals surface area contributed by atoms with Crippen molar-refractivity contribution in [1.82, 2.24) is 0 Å². The van der Waals surface area contributed by atoms with Crippen molar-refractivity contribution in [2.75, 3.05) is 7.11 Å². The van der Waals surface area contributed by atoms with E-state index in [9.17, 15) is 4.79 Å². The Morgan fingerprint density at radius 3 is 2.09 bits per heavy atom. The van der Waals surface area contributed by atoms with Crippen molar-refractivity contribution in [2.45, 2.75) is 32.3 Å². The van der Waals surface area contributed by atoms with Crippen LogP contribution in [0.5, 0.6) is 0 Å². The maximum absolute atomic E-state index is 11.0. The minimum Gasteiger partial charge on any atom is -0.406 e. The molecule has 4 heteroatoms. The first-order valence-corrected chi connectivity index (χ1v) is 3.38. The van der Waals surface area contributed by atoms with Gasteiger partial charge in [-0.25, -0.2) is 4.79 Å². The average molecular weight is 160 g/mol. The van der Waals surface area contributed by atoms with Crippen molar-refractivity contribution < 1.29 is 19.0 Å². The topological polar surface area (TPSA) is 44.8 Å². The minimum absolute atomic E-state index is 0.401. The van der Waals surface area contributed by atoms with Crippen molar-refractivity contribution in [3.63, 3.8) is 0 Å². The molecule has 1 aliphatic rings. The standard InChI is InChI=1S/C7H12O4/c1-6(2)5(8)10-7(3,9-4)11-6/h1-4H3. The average Bonchev–Trinajstić information content (AvgIpc) is 2.04. The number of hydrogen-bond acceptors (Lipinski definition) is 4. The van der Waals surface area contributed by atoms with Crippen molar-refractivity contribution in [3.05, 3.63) is 0 Å². The van der Waals surface area contributed by atoms with Crippen LogP contribution in [0.4, 0.5) is 0 Å². The van der Waals surface area contributed by atoms with Gasteiger partial charge in [0, 0.05) is 14.0 Å². The van der Waals surface area contributed by atoms with E-state index in [1.54, 1.807) is 20.8 Å². The van der Waals surface area contributed by atoms with Crippen LogP contribution in [0.25, 0.3) is 0 Å².